The van der Waals surface area contributed by atoms with E-state index in [2.05, 4.69) is 15.5 Å². The monoisotopic (exact) mass is 442 g/mol. The number of nitro groups is 1. The molecule has 0 spiro atoms. The van der Waals surface area contributed by atoms with Gasteiger partial charge in [-0.05, 0) is 55.3 Å². The first-order valence-corrected chi connectivity index (χ1v) is 10.7. The summed E-state index contributed by atoms with van der Waals surface area (Å²) in [6, 6.07) is 13.9. The van der Waals surface area contributed by atoms with Gasteiger partial charge in [0.15, 0.2) is 5.11 Å². The second kappa shape index (κ2) is 10.7. The highest BCUT2D eigenvalue weighted by molar-refractivity contribution is 7.80. The zero-order valence-corrected chi connectivity index (χ0v) is 18.2. The fourth-order valence-corrected chi connectivity index (χ4v) is 4.39. The van der Waals surface area contributed by atoms with Gasteiger partial charge in [-0.2, -0.15) is 0 Å². The second-order valence-electron chi connectivity index (χ2n) is 7.85. The van der Waals surface area contributed by atoms with Gasteiger partial charge in [-0.3, -0.25) is 15.0 Å². The largest absolute Gasteiger partial charge is 0.488 e. The minimum atomic E-state index is -1.50. The Morgan fingerprint density at radius 2 is 1.87 bits per heavy atom. The predicted octanol–water partition coefficient (Wildman–Crippen LogP) is 2.00. The lowest BCUT2D eigenvalue weighted by Gasteiger charge is -2.39. The molecule has 2 atom stereocenters. The number of hydrogen-bond acceptors (Lipinski definition) is 6. The Morgan fingerprint density at radius 1 is 1.19 bits per heavy atom. The van der Waals surface area contributed by atoms with Crippen LogP contribution >= 0.6 is 12.2 Å². The van der Waals surface area contributed by atoms with E-state index in [4.69, 9.17) is 12.2 Å². The summed E-state index contributed by atoms with van der Waals surface area (Å²) < 4.78 is 0. The van der Waals surface area contributed by atoms with Crippen LogP contribution in [0.1, 0.15) is 31.2 Å². The van der Waals surface area contributed by atoms with Crippen LogP contribution in [0, 0.1) is 10.1 Å². The van der Waals surface area contributed by atoms with Gasteiger partial charge < -0.3 is 20.7 Å². The smallest absolute Gasteiger partial charge is 0.423 e. The molecule has 2 aromatic carbocycles. The SMILES string of the molecule is CN(Cc1ccccc1B(O)O)[C@@H]1CCCC[C@H]1NC(=S)Nc1ccc([N+](=O)[O-])cc1. The van der Waals surface area contributed by atoms with Crippen LogP contribution in [-0.4, -0.2) is 51.2 Å². The van der Waals surface area contributed by atoms with Crippen molar-refractivity contribution in [2.24, 2.45) is 0 Å². The van der Waals surface area contributed by atoms with E-state index >= 15 is 0 Å². The first-order chi connectivity index (χ1) is 14.8. The molecule has 1 saturated carbocycles. The standard InChI is InChI=1S/C21H27BN4O4S/c1-25(14-15-6-2-3-7-18(15)22(27)28)20-9-5-4-8-19(20)24-21(31)23-16-10-12-17(13-11-16)26(29)30/h2-3,6-7,10-13,19-20,27-28H,4-5,8-9,14H2,1H3,(H2,23,24,31)/t19-,20-/m1/s1. The number of benzene rings is 2. The molecule has 1 fully saturated rings. The second-order valence-corrected chi connectivity index (χ2v) is 8.26. The van der Waals surface area contributed by atoms with Crippen molar-refractivity contribution in [2.45, 2.75) is 44.3 Å². The third-order valence-electron chi connectivity index (χ3n) is 5.70. The van der Waals surface area contributed by atoms with E-state index < -0.39 is 12.0 Å². The summed E-state index contributed by atoms with van der Waals surface area (Å²) in [5.74, 6) is 0. The summed E-state index contributed by atoms with van der Waals surface area (Å²) in [7, 11) is 0.543. The average molecular weight is 442 g/mol. The maximum atomic E-state index is 10.8. The molecule has 0 aromatic heterocycles. The zero-order chi connectivity index (χ0) is 22.4. The zero-order valence-electron chi connectivity index (χ0n) is 17.4. The van der Waals surface area contributed by atoms with Crippen molar-refractivity contribution in [1.82, 2.24) is 10.2 Å². The number of rotatable bonds is 7. The van der Waals surface area contributed by atoms with Crippen molar-refractivity contribution in [3.63, 3.8) is 0 Å². The normalized spacial score (nSPS) is 18.5. The van der Waals surface area contributed by atoms with Crippen molar-refractivity contribution in [3.8, 4) is 0 Å². The number of nitrogens with zero attached hydrogens (tertiary/aromatic N) is 2. The van der Waals surface area contributed by atoms with E-state index in [9.17, 15) is 20.2 Å². The van der Waals surface area contributed by atoms with E-state index in [0.29, 0.717) is 22.8 Å². The maximum absolute atomic E-state index is 10.8. The predicted molar refractivity (Wildman–Crippen MR) is 126 cm³/mol. The van der Waals surface area contributed by atoms with Gasteiger partial charge in [0.1, 0.15) is 0 Å². The van der Waals surface area contributed by atoms with Crippen LogP contribution < -0.4 is 16.1 Å². The molecule has 1 aliphatic rings. The Morgan fingerprint density at radius 3 is 2.55 bits per heavy atom. The van der Waals surface area contributed by atoms with Crippen LogP contribution in [0.3, 0.4) is 0 Å². The quantitative estimate of drug-likeness (QED) is 0.223. The van der Waals surface area contributed by atoms with Gasteiger partial charge in [-0.1, -0.05) is 37.1 Å². The van der Waals surface area contributed by atoms with E-state index in [1.165, 1.54) is 12.1 Å². The Bertz CT molecular complexity index is 913. The summed E-state index contributed by atoms with van der Waals surface area (Å²) in [5, 5.41) is 37.1. The van der Waals surface area contributed by atoms with Crippen LogP contribution in [0.15, 0.2) is 48.5 Å². The Labute approximate surface area is 187 Å². The van der Waals surface area contributed by atoms with Gasteiger partial charge in [-0.25, -0.2) is 0 Å². The molecule has 1 aliphatic carbocycles. The highest BCUT2D eigenvalue weighted by Gasteiger charge is 2.29. The van der Waals surface area contributed by atoms with Crippen LogP contribution in [0.25, 0.3) is 0 Å². The number of nitrogens with one attached hydrogen (secondary N) is 2. The molecule has 0 unspecified atom stereocenters. The Balaban J connectivity index is 1.63. The molecule has 0 heterocycles. The van der Waals surface area contributed by atoms with Crippen molar-refractivity contribution >= 4 is 41.3 Å². The van der Waals surface area contributed by atoms with Gasteiger partial charge in [0.25, 0.3) is 5.69 Å². The number of hydrogen-bond donors (Lipinski definition) is 4. The summed E-state index contributed by atoms with van der Waals surface area (Å²) in [5.41, 5.74) is 2.13. The molecular formula is C21H27BN4O4S. The summed E-state index contributed by atoms with van der Waals surface area (Å²) >= 11 is 5.48. The fourth-order valence-electron chi connectivity index (χ4n) is 4.13. The van der Waals surface area contributed by atoms with Crippen molar-refractivity contribution < 1.29 is 15.0 Å². The molecule has 10 heteroatoms. The third kappa shape index (κ3) is 6.24. The summed E-state index contributed by atoms with van der Waals surface area (Å²) in [4.78, 5) is 12.6. The number of nitro benzene ring substituents is 1. The molecule has 0 bridgehead atoms. The molecule has 4 N–H and O–H groups in total. The van der Waals surface area contributed by atoms with Crippen molar-refractivity contribution in [1.29, 1.82) is 0 Å². The van der Waals surface area contributed by atoms with Gasteiger partial charge >= 0.3 is 7.12 Å². The lowest BCUT2D eigenvalue weighted by atomic mass is 9.77. The number of non-ortho nitro benzene ring substituents is 1. The first kappa shape index (κ1) is 23.1. The lowest BCUT2D eigenvalue weighted by Crippen LogP contribution is -2.53. The molecule has 164 valence electrons. The topological polar surface area (TPSA) is 111 Å². The molecule has 0 amide bonds. The molecule has 0 radical (unpaired) electrons. The minimum Gasteiger partial charge on any atom is -0.423 e. The molecule has 0 aliphatic heterocycles. The highest BCUT2D eigenvalue weighted by Crippen LogP contribution is 2.24. The van der Waals surface area contributed by atoms with Crippen LogP contribution in [0.2, 0.25) is 0 Å². The maximum Gasteiger partial charge on any atom is 0.488 e. The fraction of sp³-hybridized carbons (Fsp3) is 0.381. The van der Waals surface area contributed by atoms with Crippen LogP contribution in [0.5, 0.6) is 0 Å². The number of likely N-dealkylation sites (N-methyl/N-ethyl adjacent to an activating group) is 1. The highest BCUT2D eigenvalue weighted by atomic mass is 32.1. The van der Waals surface area contributed by atoms with Crippen molar-refractivity contribution in [2.75, 3.05) is 12.4 Å². The van der Waals surface area contributed by atoms with Crippen LogP contribution in [0.4, 0.5) is 11.4 Å². The molecule has 8 nitrogen and oxygen atoms in total. The lowest BCUT2D eigenvalue weighted by molar-refractivity contribution is -0.384. The molecule has 3 rings (SSSR count). The first-order valence-electron chi connectivity index (χ1n) is 10.3. The molecule has 2 aromatic rings. The minimum absolute atomic E-state index is 0.0340. The van der Waals surface area contributed by atoms with E-state index in [-0.39, 0.29) is 17.8 Å². The average Bonchev–Trinajstić information content (AvgIpc) is 2.74. The Hall–Kier alpha value is -2.53. The molecular weight excluding hydrogens is 415 g/mol. The van der Waals surface area contributed by atoms with E-state index in [1.807, 2.05) is 19.2 Å². The van der Waals surface area contributed by atoms with E-state index in [0.717, 1.165) is 31.2 Å². The van der Waals surface area contributed by atoms with Gasteiger partial charge in [-0.15, -0.1) is 0 Å². The van der Waals surface area contributed by atoms with Crippen molar-refractivity contribution in [3.05, 3.63) is 64.2 Å². The summed E-state index contributed by atoms with van der Waals surface area (Å²) in [6.45, 7) is 0.596. The van der Waals surface area contributed by atoms with Crippen LogP contribution in [-0.2, 0) is 6.54 Å². The van der Waals surface area contributed by atoms with Gasteiger partial charge in [0, 0.05) is 36.4 Å². The van der Waals surface area contributed by atoms with Gasteiger partial charge in [0.05, 0.1) is 4.92 Å². The van der Waals surface area contributed by atoms with Gasteiger partial charge in [0.2, 0.25) is 0 Å². The molecule has 0 saturated heterocycles. The van der Waals surface area contributed by atoms with E-state index in [1.54, 1.807) is 24.3 Å². The summed E-state index contributed by atoms with van der Waals surface area (Å²) in [6.07, 6.45) is 4.22. The number of anilines is 1. The third-order valence-corrected chi connectivity index (χ3v) is 5.92. The molecule has 31 heavy (non-hydrogen) atoms. The Kier molecular flexibility index (Phi) is 7.97. The number of thiocarbonyl (C=S) groups is 1.